The molecule has 0 bridgehead atoms. The van der Waals surface area contributed by atoms with E-state index in [9.17, 15) is 4.79 Å². The van der Waals surface area contributed by atoms with E-state index in [4.69, 9.17) is 0 Å². The lowest BCUT2D eigenvalue weighted by atomic mass is 10.1. The molecule has 0 aliphatic carbocycles. The molecule has 0 atom stereocenters. The third kappa shape index (κ3) is 2.76. The summed E-state index contributed by atoms with van der Waals surface area (Å²) in [6.07, 6.45) is 1.77. The Balaban J connectivity index is 1.91. The number of hydrogen-bond acceptors (Lipinski definition) is 5. The zero-order valence-electron chi connectivity index (χ0n) is 12.7. The Hall–Kier alpha value is -2.15. The zero-order valence-corrected chi connectivity index (χ0v) is 13.5. The van der Waals surface area contributed by atoms with Crippen molar-refractivity contribution in [3.05, 3.63) is 46.4 Å². The molecular formula is C15H17N5OS. The predicted octanol–water partition coefficient (Wildman–Crippen LogP) is 2.56. The van der Waals surface area contributed by atoms with Crippen molar-refractivity contribution < 1.29 is 0 Å². The van der Waals surface area contributed by atoms with Gasteiger partial charge in [0.2, 0.25) is 5.16 Å². The third-order valence-corrected chi connectivity index (χ3v) is 4.30. The second-order valence-corrected chi connectivity index (χ2v) is 6.96. The highest BCUT2D eigenvalue weighted by Crippen LogP contribution is 2.26. The number of pyridine rings is 1. The molecule has 0 fully saturated rings. The molecule has 0 radical (unpaired) electrons. The van der Waals surface area contributed by atoms with Crippen molar-refractivity contribution in [1.29, 1.82) is 0 Å². The van der Waals surface area contributed by atoms with Crippen LogP contribution in [0.2, 0.25) is 0 Å². The van der Waals surface area contributed by atoms with E-state index < -0.39 is 0 Å². The van der Waals surface area contributed by atoms with E-state index in [0.717, 1.165) is 16.1 Å². The molecule has 1 aromatic carbocycles. The van der Waals surface area contributed by atoms with Crippen molar-refractivity contribution in [2.24, 2.45) is 0 Å². The van der Waals surface area contributed by atoms with Gasteiger partial charge in [-0.05, 0) is 48.2 Å². The summed E-state index contributed by atoms with van der Waals surface area (Å²) in [7, 11) is 0. The van der Waals surface area contributed by atoms with Crippen LogP contribution in [0.5, 0.6) is 0 Å². The van der Waals surface area contributed by atoms with Gasteiger partial charge in [0.1, 0.15) is 0 Å². The van der Waals surface area contributed by atoms with Crippen molar-refractivity contribution in [2.75, 3.05) is 0 Å². The van der Waals surface area contributed by atoms with E-state index in [-0.39, 0.29) is 11.1 Å². The van der Waals surface area contributed by atoms with Gasteiger partial charge in [0.05, 0.1) is 5.54 Å². The summed E-state index contributed by atoms with van der Waals surface area (Å²) in [5.41, 5.74) is 0.825. The van der Waals surface area contributed by atoms with Crippen molar-refractivity contribution in [3.63, 3.8) is 0 Å². The number of benzene rings is 1. The molecule has 0 saturated heterocycles. The van der Waals surface area contributed by atoms with Crippen LogP contribution in [0.4, 0.5) is 0 Å². The van der Waals surface area contributed by atoms with Crippen LogP contribution >= 0.6 is 11.8 Å². The molecule has 0 aliphatic heterocycles. The Kier molecular flexibility index (Phi) is 3.74. The fourth-order valence-corrected chi connectivity index (χ4v) is 3.27. The van der Waals surface area contributed by atoms with Gasteiger partial charge in [-0.3, -0.25) is 4.79 Å². The minimum absolute atomic E-state index is 0.0659. The van der Waals surface area contributed by atoms with E-state index in [1.54, 1.807) is 18.0 Å². The molecule has 22 heavy (non-hydrogen) atoms. The molecule has 0 saturated carbocycles. The summed E-state index contributed by atoms with van der Waals surface area (Å²) in [6.45, 7) is 6.18. The van der Waals surface area contributed by atoms with Gasteiger partial charge < -0.3 is 4.98 Å². The summed E-state index contributed by atoms with van der Waals surface area (Å²) in [4.78, 5) is 14.6. The van der Waals surface area contributed by atoms with Gasteiger partial charge in [0.25, 0.3) is 5.56 Å². The highest BCUT2D eigenvalue weighted by molar-refractivity contribution is 7.98. The fourth-order valence-electron chi connectivity index (χ4n) is 2.22. The topological polar surface area (TPSA) is 76.5 Å². The largest absolute Gasteiger partial charge is 0.328 e. The van der Waals surface area contributed by atoms with Gasteiger partial charge in [-0.1, -0.05) is 30.0 Å². The average Bonchev–Trinajstić information content (AvgIpc) is 2.96. The summed E-state index contributed by atoms with van der Waals surface area (Å²) < 4.78 is 1.81. The molecule has 2 aromatic heterocycles. The number of aromatic nitrogens is 5. The monoisotopic (exact) mass is 315 g/mol. The smallest absolute Gasteiger partial charge is 0.255 e. The Morgan fingerprint density at radius 1 is 1.23 bits per heavy atom. The molecule has 0 aliphatic rings. The van der Waals surface area contributed by atoms with Gasteiger partial charge >= 0.3 is 0 Å². The van der Waals surface area contributed by atoms with Crippen molar-refractivity contribution in [2.45, 2.75) is 37.2 Å². The second kappa shape index (κ2) is 5.57. The molecule has 0 spiro atoms. The molecule has 0 unspecified atom stereocenters. The maximum Gasteiger partial charge on any atom is 0.255 e. The summed E-state index contributed by atoms with van der Waals surface area (Å²) in [5, 5.41) is 14.3. The first kappa shape index (κ1) is 14.8. The first-order valence-corrected chi connectivity index (χ1v) is 7.96. The van der Waals surface area contributed by atoms with Crippen molar-refractivity contribution in [1.82, 2.24) is 25.2 Å². The first-order valence-electron chi connectivity index (χ1n) is 6.98. The molecular weight excluding hydrogens is 298 g/mol. The van der Waals surface area contributed by atoms with Crippen molar-refractivity contribution >= 4 is 22.5 Å². The molecule has 6 nitrogen and oxygen atoms in total. The number of nitrogens with one attached hydrogen (secondary N) is 1. The molecule has 0 amide bonds. The molecule has 7 heteroatoms. The fraction of sp³-hybridized carbons (Fsp3) is 0.333. The van der Waals surface area contributed by atoms with Crippen LogP contribution in [0.3, 0.4) is 0 Å². The van der Waals surface area contributed by atoms with E-state index in [0.29, 0.717) is 11.1 Å². The van der Waals surface area contributed by atoms with Gasteiger partial charge in [-0.2, -0.15) is 0 Å². The van der Waals surface area contributed by atoms with Crippen LogP contribution in [-0.4, -0.2) is 25.2 Å². The highest BCUT2D eigenvalue weighted by Gasteiger charge is 2.20. The van der Waals surface area contributed by atoms with Gasteiger partial charge in [-0.25, -0.2) is 4.68 Å². The Morgan fingerprint density at radius 3 is 2.68 bits per heavy atom. The van der Waals surface area contributed by atoms with Gasteiger partial charge in [0, 0.05) is 17.3 Å². The maximum absolute atomic E-state index is 11.9. The summed E-state index contributed by atoms with van der Waals surface area (Å²) in [5.74, 6) is 0.688. The predicted molar refractivity (Wildman–Crippen MR) is 86.9 cm³/mol. The molecule has 3 aromatic rings. The first-order chi connectivity index (χ1) is 10.5. The van der Waals surface area contributed by atoms with E-state index in [1.807, 2.05) is 28.9 Å². The summed E-state index contributed by atoms with van der Waals surface area (Å²) in [6, 6.07) is 7.61. The number of aromatic amines is 1. The summed E-state index contributed by atoms with van der Waals surface area (Å²) >= 11 is 1.56. The number of H-pyrrole nitrogens is 1. The van der Waals surface area contributed by atoms with E-state index >= 15 is 0 Å². The van der Waals surface area contributed by atoms with Crippen LogP contribution in [0.15, 0.2) is 40.4 Å². The zero-order chi connectivity index (χ0) is 15.7. The van der Waals surface area contributed by atoms with Crippen LogP contribution in [0.1, 0.15) is 26.3 Å². The normalized spacial score (nSPS) is 12.0. The standard InChI is InChI=1S/C15H17N5OS/c1-15(2,3)20-14(17-18-19-20)22-9-10-8-16-13(21)12-7-5-4-6-11(10)12/h4-8H,9H2,1-3H3,(H,16,21). The van der Waals surface area contributed by atoms with Crippen LogP contribution in [0, 0.1) is 0 Å². The van der Waals surface area contributed by atoms with E-state index in [1.165, 1.54) is 0 Å². The Labute approximate surface area is 131 Å². The van der Waals surface area contributed by atoms with Gasteiger partial charge in [0.15, 0.2) is 0 Å². The molecule has 3 rings (SSSR count). The SMILES string of the molecule is CC(C)(C)n1nnnc1SCc1c[nH]c(=O)c2ccccc12. The maximum atomic E-state index is 11.9. The van der Waals surface area contributed by atoms with Gasteiger partial charge in [-0.15, -0.1) is 5.10 Å². The second-order valence-electron chi connectivity index (χ2n) is 6.02. The Bertz CT molecular complexity index is 862. The minimum atomic E-state index is -0.168. The van der Waals surface area contributed by atoms with Crippen LogP contribution < -0.4 is 5.56 Å². The quantitative estimate of drug-likeness (QED) is 0.752. The number of hydrogen-bond donors (Lipinski definition) is 1. The number of tetrazole rings is 1. The lowest BCUT2D eigenvalue weighted by molar-refractivity contribution is 0.321. The average molecular weight is 315 g/mol. The number of fused-ring (bicyclic) bond motifs is 1. The molecule has 2 heterocycles. The molecule has 1 N–H and O–H groups in total. The lowest BCUT2D eigenvalue weighted by Gasteiger charge is -2.19. The van der Waals surface area contributed by atoms with Crippen molar-refractivity contribution in [3.8, 4) is 0 Å². The lowest BCUT2D eigenvalue weighted by Crippen LogP contribution is -2.24. The number of thioether (sulfide) groups is 1. The minimum Gasteiger partial charge on any atom is -0.328 e. The van der Waals surface area contributed by atoms with Crippen LogP contribution in [-0.2, 0) is 11.3 Å². The molecule has 114 valence electrons. The number of nitrogens with zero attached hydrogens (tertiary/aromatic N) is 4. The van der Waals surface area contributed by atoms with E-state index in [2.05, 4.69) is 41.3 Å². The number of rotatable bonds is 3. The highest BCUT2D eigenvalue weighted by atomic mass is 32.2. The van der Waals surface area contributed by atoms with Crippen LogP contribution in [0.25, 0.3) is 10.8 Å². The Morgan fingerprint density at radius 2 is 1.95 bits per heavy atom. The third-order valence-electron chi connectivity index (χ3n) is 3.33.